The number of rotatable bonds is 8. The normalized spacial score (nSPS) is 11.2. The highest BCUT2D eigenvalue weighted by molar-refractivity contribution is 7.91. The molecule has 2 aromatic carbocycles. The maximum atomic E-state index is 13.0. The van der Waals surface area contributed by atoms with Gasteiger partial charge in [0.1, 0.15) is 17.3 Å². The van der Waals surface area contributed by atoms with Crippen LogP contribution in [0.4, 0.5) is 9.52 Å². The van der Waals surface area contributed by atoms with Crippen LogP contribution >= 0.6 is 11.3 Å². The number of hydrogen-bond acceptors (Lipinski definition) is 7. The van der Waals surface area contributed by atoms with Crippen molar-refractivity contribution >= 4 is 32.2 Å². The smallest absolute Gasteiger partial charge is 0.227 e. The van der Waals surface area contributed by atoms with Crippen LogP contribution in [0.2, 0.25) is 0 Å². The topological polar surface area (TPSA) is 94.6 Å². The summed E-state index contributed by atoms with van der Waals surface area (Å²) in [5.74, 6) is -0.192. The van der Waals surface area contributed by atoms with Gasteiger partial charge in [-0.2, -0.15) is 0 Å². The lowest BCUT2D eigenvalue weighted by atomic mass is 10.1. The average molecular weight is 451 g/mol. The number of nitrogens with one attached hydrogen (secondary N) is 1. The van der Waals surface area contributed by atoms with Gasteiger partial charge in [-0.05, 0) is 36.4 Å². The summed E-state index contributed by atoms with van der Waals surface area (Å²) in [6, 6.07) is 9.79. The van der Waals surface area contributed by atoms with Gasteiger partial charge in [0.25, 0.3) is 0 Å². The van der Waals surface area contributed by atoms with Crippen LogP contribution in [-0.2, 0) is 14.6 Å². The summed E-state index contributed by atoms with van der Waals surface area (Å²) < 4.78 is 48.0. The fourth-order valence-electron chi connectivity index (χ4n) is 2.63. The van der Waals surface area contributed by atoms with Crippen LogP contribution < -0.4 is 14.8 Å². The van der Waals surface area contributed by atoms with Gasteiger partial charge in [-0.25, -0.2) is 17.8 Å². The minimum absolute atomic E-state index is 0.0279. The molecule has 1 amide bonds. The second-order valence-electron chi connectivity index (χ2n) is 6.18. The second kappa shape index (κ2) is 9.23. The lowest BCUT2D eigenvalue weighted by Crippen LogP contribution is -2.17. The van der Waals surface area contributed by atoms with E-state index in [2.05, 4.69) is 10.3 Å². The molecule has 1 aromatic heterocycles. The van der Waals surface area contributed by atoms with Gasteiger partial charge >= 0.3 is 0 Å². The molecular weight excluding hydrogens is 431 g/mol. The lowest BCUT2D eigenvalue weighted by Gasteiger charge is -2.08. The van der Waals surface area contributed by atoms with Crippen LogP contribution in [0.1, 0.15) is 6.42 Å². The fraction of sp³-hybridized carbons (Fsp3) is 0.200. The summed E-state index contributed by atoms with van der Waals surface area (Å²) in [4.78, 5) is 16.5. The highest BCUT2D eigenvalue weighted by Gasteiger charge is 2.18. The van der Waals surface area contributed by atoms with E-state index >= 15 is 0 Å². The molecule has 0 atom stereocenters. The molecule has 3 aromatic rings. The predicted octanol–water partition coefficient (Wildman–Crippen LogP) is 3.77. The average Bonchev–Trinajstić information content (AvgIpc) is 3.20. The highest BCUT2D eigenvalue weighted by Crippen LogP contribution is 2.34. The first-order chi connectivity index (χ1) is 14.3. The molecule has 0 aliphatic rings. The second-order valence-corrected chi connectivity index (χ2v) is 9.14. The van der Waals surface area contributed by atoms with Gasteiger partial charge in [0.15, 0.2) is 15.0 Å². The van der Waals surface area contributed by atoms with Crippen LogP contribution in [-0.4, -0.2) is 39.3 Å². The molecule has 0 bridgehead atoms. The maximum Gasteiger partial charge on any atom is 0.227 e. The van der Waals surface area contributed by atoms with Crippen molar-refractivity contribution in [2.24, 2.45) is 0 Å². The van der Waals surface area contributed by atoms with Gasteiger partial charge in [-0.15, -0.1) is 11.3 Å². The summed E-state index contributed by atoms with van der Waals surface area (Å²) >= 11 is 1.21. The van der Waals surface area contributed by atoms with Crippen LogP contribution in [0.25, 0.3) is 11.3 Å². The molecule has 0 fully saturated rings. The van der Waals surface area contributed by atoms with Crippen LogP contribution in [0.3, 0.4) is 0 Å². The van der Waals surface area contributed by atoms with Crippen LogP contribution in [0.5, 0.6) is 11.5 Å². The third-order valence-corrected chi connectivity index (χ3v) is 6.70. The Bertz CT molecular complexity index is 1140. The van der Waals surface area contributed by atoms with E-state index < -0.39 is 27.3 Å². The third-order valence-electron chi connectivity index (χ3n) is 4.21. The molecule has 30 heavy (non-hydrogen) atoms. The van der Waals surface area contributed by atoms with E-state index in [4.69, 9.17) is 9.47 Å². The zero-order valence-corrected chi connectivity index (χ0v) is 17.8. The SMILES string of the molecule is COc1ccc(-c2csc(NC(=O)CCS(=O)(=O)c3ccc(F)cc3)n2)c(OC)c1. The number of methoxy groups -OCH3 is 2. The first-order valence-corrected chi connectivity index (χ1v) is 11.3. The Balaban J connectivity index is 1.65. The van der Waals surface area contributed by atoms with Crippen molar-refractivity contribution in [2.75, 3.05) is 25.3 Å². The van der Waals surface area contributed by atoms with Gasteiger partial charge in [0, 0.05) is 23.4 Å². The molecule has 0 unspecified atom stereocenters. The standard InChI is InChI=1S/C20H19FN2O5S2/c1-27-14-5-8-16(18(11-14)28-2)17-12-29-20(22-17)23-19(24)9-10-30(25,26)15-6-3-13(21)4-7-15/h3-8,11-12H,9-10H2,1-2H3,(H,22,23,24). The van der Waals surface area contributed by atoms with E-state index in [-0.39, 0.29) is 11.3 Å². The molecule has 3 rings (SSSR count). The van der Waals surface area contributed by atoms with Crippen LogP contribution in [0.15, 0.2) is 52.7 Å². The third kappa shape index (κ3) is 5.14. The van der Waals surface area contributed by atoms with Crippen molar-refractivity contribution in [2.45, 2.75) is 11.3 Å². The van der Waals surface area contributed by atoms with Gasteiger partial charge in [0.2, 0.25) is 5.91 Å². The summed E-state index contributed by atoms with van der Waals surface area (Å²) in [5, 5.41) is 4.70. The first-order valence-electron chi connectivity index (χ1n) is 8.78. The molecule has 0 aliphatic carbocycles. The molecule has 10 heteroatoms. The lowest BCUT2D eigenvalue weighted by molar-refractivity contribution is -0.115. The number of halogens is 1. The number of nitrogens with zero attached hydrogens (tertiary/aromatic N) is 1. The Hall–Kier alpha value is -2.98. The van der Waals surface area contributed by atoms with E-state index in [0.29, 0.717) is 22.3 Å². The summed E-state index contributed by atoms with van der Waals surface area (Å²) in [6.45, 7) is 0. The number of carbonyl (C=O) groups is 1. The number of benzene rings is 2. The van der Waals surface area contributed by atoms with Gasteiger partial charge in [-0.3, -0.25) is 4.79 Å². The van der Waals surface area contributed by atoms with E-state index in [1.807, 2.05) is 0 Å². The van der Waals surface area contributed by atoms with Crippen LogP contribution in [0, 0.1) is 5.82 Å². The Morgan fingerprint density at radius 1 is 1.13 bits per heavy atom. The van der Waals surface area contributed by atoms with Gasteiger partial charge < -0.3 is 14.8 Å². The number of amides is 1. The molecule has 0 aliphatic heterocycles. The number of sulfone groups is 1. The Labute approximate surface area is 177 Å². The van der Waals surface area contributed by atoms with E-state index in [1.54, 1.807) is 30.7 Å². The van der Waals surface area contributed by atoms with Crippen molar-refractivity contribution in [3.63, 3.8) is 0 Å². The number of carbonyl (C=O) groups excluding carboxylic acids is 1. The maximum absolute atomic E-state index is 13.0. The summed E-state index contributed by atoms with van der Waals surface area (Å²) in [7, 11) is -0.597. The summed E-state index contributed by atoms with van der Waals surface area (Å²) in [6.07, 6.45) is -0.250. The Kier molecular flexibility index (Phi) is 6.68. The number of hydrogen-bond donors (Lipinski definition) is 1. The highest BCUT2D eigenvalue weighted by atomic mass is 32.2. The van der Waals surface area contributed by atoms with Gasteiger partial charge in [0.05, 0.1) is 30.6 Å². The molecule has 7 nitrogen and oxygen atoms in total. The molecular formula is C20H19FN2O5S2. The number of anilines is 1. The minimum Gasteiger partial charge on any atom is -0.497 e. The Morgan fingerprint density at radius 2 is 1.87 bits per heavy atom. The zero-order valence-electron chi connectivity index (χ0n) is 16.2. The number of ether oxygens (including phenoxy) is 2. The molecule has 0 saturated heterocycles. The van der Waals surface area contributed by atoms with E-state index in [9.17, 15) is 17.6 Å². The molecule has 0 saturated carbocycles. The van der Waals surface area contributed by atoms with Crippen molar-refractivity contribution < 1.29 is 27.1 Å². The number of aromatic nitrogens is 1. The van der Waals surface area contributed by atoms with E-state index in [1.165, 1.54) is 30.6 Å². The monoisotopic (exact) mass is 450 g/mol. The minimum atomic E-state index is -3.69. The predicted molar refractivity (Wildman–Crippen MR) is 112 cm³/mol. The van der Waals surface area contributed by atoms with E-state index in [0.717, 1.165) is 17.7 Å². The number of thiazole rings is 1. The molecule has 0 spiro atoms. The van der Waals surface area contributed by atoms with Crippen molar-refractivity contribution in [1.82, 2.24) is 4.98 Å². The van der Waals surface area contributed by atoms with Crippen molar-refractivity contribution in [3.05, 3.63) is 53.7 Å². The quantitative estimate of drug-likeness (QED) is 0.525. The molecule has 1 heterocycles. The van der Waals surface area contributed by atoms with Crippen molar-refractivity contribution in [3.8, 4) is 22.8 Å². The zero-order chi connectivity index (χ0) is 21.7. The first kappa shape index (κ1) is 21.7. The summed E-state index contributed by atoms with van der Waals surface area (Å²) in [5.41, 5.74) is 1.34. The molecule has 0 radical (unpaired) electrons. The molecule has 1 N–H and O–H groups in total. The largest absolute Gasteiger partial charge is 0.497 e. The van der Waals surface area contributed by atoms with Gasteiger partial charge in [-0.1, -0.05) is 0 Å². The van der Waals surface area contributed by atoms with Crippen molar-refractivity contribution in [1.29, 1.82) is 0 Å². The molecule has 158 valence electrons. The fourth-order valence-corrected chi connectivity index (χ4v) is 4.60. The Morgan fingerprint density at radius 3 is 2.53 bits per heavy atom.